The van der Waals surface area contributed by atoms with Crippen molar-refractivity contribution in [3.05, 3.63) is 71.9 Å². The van der Waals surface area contributed by atoms with Crippen LogP contribution in [0, 0.1) is 0 Å². The molecule has 0 amide bonds. The summed E-state index contributed by atoms with van der Waals surface area (Å²) in [6.45, 7) is 2.04. The first kappa shape index (κ1) is 12.9. The number of aliphatic hydroxyl groups is 1. The molecular weight excluding hydrogens is 246 g/mol. The molecule has 0 saturated heterocycles. The highest BCUT2D eigenvalue weighted by atomic mass is 16.3. The monoisotopic (exact) mass is 265 g/mol. The van der Waals surface area contributed by atoms with E-state index in [4.69, 9.17) is 0 Å². The minimum Gasteiger partial charge on any atom is -0.385 e. The van der Waals surface area contributed by atoms with Crippen LogP contribution in [-0.4, -0.2) is 10.1 Å². The van der Waals surface area contributed by atoms with Crippen LogP contribution in [0.15, 0.2) is 60.8 Å². The standard InChI is InChI=1S/C18H19NO/c1-2-18(20,13-14-7-4-3-5-8-14)16-9-6-10-17-15(16)11-12-19-17/h3-12,19-20H,2,13H2,1H3. The third-order valence-electron chi connectivity index (χ3n) is 4.02. The molecule has 0 radical (unpaired) electrons. The van der Waals surface area contributed by atoms with Crippen LogP contribution in [0.3, 0.4) is 0 Å². The van der Waals surface area contributed by atoms with E-state index in [1.807, 2.05) is 55.6 Å². The Morgan fingerprint density at radius 2 is 1.80 bits per heavy atom. The Kier molecular flexibility index (Phi) is 3.33. The van der Waals surface area contributed by atoms with E-state index >= 15 is 0 Å². The Hall–Kier alpha value is -2.06. The maximum absolute atomic E-state index is 11.1. The summed E-state index contributed by atoms with van der Waals surface area (Å²) in [5, 5.41) is 12.3. The first-order valence-corrected chi connectivity index (χ1v) is 7.06. The summed E-state index contributed by atoms with van der Waals surface area (Å²) in [5.41, 5.74) is 2.40. The molecule has 1 heterocycles. The number of nitrogens with one attached hydrogen (secondary N) is 1. The Labute approximate surface area is 119 Å². The molecule has 0 fully saturated rings. The predicted octanol–water partition coefficient (Wildman–Crippen LogP) is 4.01. The molecule has 0 bridgehead atoms. The van der Waals surface area contributed by atoms with E-state index in [-0.39, 0.29) is 0 Å². The van der Waals surface area contributed by atoms with E-state index in [0.717, 1.165) is 22.0 Å². The van der Waals surface area contributed by atoms with E-state index in [0.29, 0.717) is 12.8 Å². The number of rotatable bonds is 4. The number of aromatic nitrogens is 1. The zero-order valence-electron chi connectivity index (χ0n) is 11.6. The van der Waals surface area contributed by atoms with Crippen LogP contribution >= 0.6 is 0 Å². The van der Waals surface area contributed by atoms with Crippen molar-refractivity contribution in [2.75, 3.05) is 0 Å². The molecule has 0 aliphatic carbocycles. The fourth-order valence-corrected chi connectivity index (χ4v) is 2.84. The van der Waals surface area contributed by atoms with E-state index in [1.165, 1.54) is 0 Å². The summed E-state index contributed by atoms with van der Waals surface area (Å²) in [4.78, 5) is 3.21. The van der Waals surface area contributed by atoms with Gasteiger partial charge in [0, 0.05) is 23.5 Å². The first-order chi connectivity index (χ1) is 9.73. The number of hydrogen-bond acceptors (Lipinski definition) is 1. The van der Waals surface area contributed by atoms with Crippen molar-refractivity contribution >= 4 is 10.9 Å². The average molecular weight is 265 g/mol. The van der Waals surface area contributed by atoms with Crippen molar-refractivity contribution in [3.8, 4) is 0 Å². The zero-order chi connectivity index (χ0) is 14.0. The van der Waals surface area contributed by atoms with E-state index < -0.39 is 5.60 Å². The third-order valence-corrected chi connectivity index (χ3v) is 4.02. The molecule has 102 valence electrons. The summed E-state index contributed by atoms with van der Waals surface area (Å²) in [7, 11) is 0. The number of benzene rings is 2. The van der Waals surface area contributed by atoms with Crippen LogP contribution < -0.4 is 0 Å². The highest BCUT2D eigenvalue weighted by Crippen LogP contribution is 2.34. The van der Waals surface area contributed by atoms with Crippen molar-refractivity contribution in [2.24, 2.45) is 0 Å². The number of fused-ring (bicyclic) bond motifs is 1. The number of H-pyrrole nitrogens is 1. The van der Waals surface area contributed by atoms with E-state index in [9.17, 15) is 5.11 Å². The normalized spacial score (nSPS) is 14.3. The van der Waals surface area contributed by atoms with Crippen LogP contribution in [0.5, 0.6) is 0 Å². The summed E-state index contributed by atoms with van der Waals surface area (Å²) in [6.07, 6.45) is 3.24. The molecule has 2 nitrogen and oxygen atoms in total. The summed E-state index contributed by atoms with van der Waals surface area (Å²) >= 11 is 0. The Morgan fingerprint density at radius 3 is 2.55 bits per heavy atom. The molecule has 3 rings (SSSR count). The lowest BCUT2D eigenvalue weighted by atomic mass is 9.83. The van der Waals surface area contributed by atoms with Crippen LogP contribution in [0.1, 0.15) is 24.5 Å². The van der Waals surface area contributed by atoms with Crippen LogP contribution in [-0.2, 0) is 12.0 Å². The Morgan fingerprint density at radius 1 is 1.00 bits per heavy atom. The second kappa shape index (κ2) is 5.14. The van der Waals surface area contributed by atoms with Crippen molar-refractivity contribution in [1.82, 2.24) is 4.98 Å². The maximum atomic E-state index is 11.1. The topological polar surface area (TPSA) is 36.0 Å². The quantitative estimate of drug-likeness (QED) is 0.734. The smallest absolute Gasteiger partial charge is 0.0940 e. The van der Waals surface area contributed by atoms with Crippen molar-refractivity contribution in [1.29, 1.82) is 0 Å². The molecule has 1 atom stereocenters. The lowest BCUT2D eigenvalue weighted by molar-refractivity contribution is 0.0342. The molecule has 2 aromatic carbocycles. The molecule has 3 aromatic rings. The SMILES string of the molecule is CCC(O)(Cc1ccccc1)c1cccc2[nH]ccc12. The second-order valence-electron chi connectivity index (χ2n) is 5.29. The minimum atomic E-state index is -0.830. The maximum Gasteiger partial charge on any atom is 0.0940 e. The van der Waals surface area contributed by atoms with Crippen molar-refractivity contribution in [3.63, 3.8) is 0 Å². The van der Waals surface area contributed by atoms with Gasteiger partial charge in [0.2, 0.25) is 0 Å². The van der Waals surface area contributed by atoms with Crippen LogP contribution in [0.25, 0.3) is 10.9 Å². The van der Waals surface area contributed by atoms with Gasteiger partial charge in [-0.15, -0.1) is 0 Å². The fraction of sp³-hybridized carbons (Fsp3) is 0.222. The lowest BCUT2D eigenvalue weighted by Crippen LogP contribution is -2.27. The molecule has 20 heavy (non-hydrogen) atoms. The molecule has 0 aliphatic rings. The highest BCUT2D eigenvalue weighted by Gasteiger charge is 2.29. The highest BCUT2D eigenvalue weighted by molar-refractivity contribution is 5.83. The van der Waals surface area contributed by atoms with Crippen molar-refractivity contribution in [2.45, 2.75) is 25.4 Å². The lowest BCUT2D eigenvalue weighted by Gasteiger charge is -2.28. The number of aromatic amines is 1. The van der Waals surface area contributed by atoms with Gasteiger partial charge in [-0.3, -0.25) is 0 Å². The third kappa shape index (κ3) is 2.23. The molecule has 0 saturated carbocycles. The summed E-state index contributed by atoms with van der Waals surface area (Å²) < 4.78 is 0. The van der Waals surface area contributed by atoms with Gasteiger partial charge in [0.25, 0.3) is 0 Å². The largest absolute Gasteiger partial charge is 0.385 e. The van der Waals surface area contributed by atoms with Crippen LogP contribution in [0.4, 0.5) is 0 Å². The van der Waals surface area contributed by atoms with Gasteiger partial charge in [-0.2, -0.15) is 0 Å². The van der Waals surface area contributed by atoms with Crippen LogP contribution in [0.2, 0.25) is 0 Å². The van der Waals surface area contributed by atoms with Gasteiger partial charge in [-0.1, -0.05) is 49.4 Å². The fourth-order valence-electron chi connectivity index (χ4n) is 2.84. The molecular formula is C18H19NO. The van der Waals surface area contributed by atoms with E-state index in [2.05, 4.69) is 17.1 Å². The van der Waals surface area contributed by atoms with Crippen molar-refractivity contribution < 1.29 is 5.11 Å². The molecule has 0 aliphatic heterocycles. The van der Waals surface area contributed by atoms with Gasteiger partial charge in [0.05, 0.1) is 5.60 Å². The molecule has 2 N–H and O–H groups in total. The molecule has 1 aromatic heterocycles. The number of hydrogen-bond donors (Lipinski definition) is 2. The second-order valence-corrected chi connectivity index (χ2v) is 5.29. The van der Waals surface area contributed by atoms with Gasteiger partial charge in [-0.05, 0) is 29.7 Å². The zero-order valence-corrected chi connectivity index (χ0v) is 11.6. The minimum absolute atomic E-state index is 0.634. The molecule has 0 spiro atoms. The average Bonchev–Trinajstić information content (AvgIpc) is 2.96. The summed E-state index contributed by atoms with van der Waals surface area (Å²) in [6, 6.07) is 18.3. The Bertz CT molecular complexity index is 702. The van der Waals surface area contributed by atoms with Gasteiger partial charge in [0.15, 0.2) is 0 Å². The molecule has 2 heteroatoms. The molecule has 1 unspecified atom stereocenters. The Balaban J connectivity index is 2.06. The first-order valence-electron chi connectivity index (χ1n) is 7.06. The van der Waals surface area contributed by atoms with E-state index in [1.54, 1.807) is 0 Å². The predicted molar refractivity (Wildman–Crippen MR) is 82.6 cm³/mol. The summed E-state index contributed by atoms with van der Waals surface area (Å²) in [5.74, 6) is 0. The van der Waals surface area contributed by atoms with Gasteiger partial charge < -0.3 is 10.1 Å². The van der Waals surface area contributed by atoms with Gasteiger partial charge in [0.1, 0.15) is 0 Å². The van der Waals surface area contributed by atoms with Gasteiger partial charge >= 0.3 is 0 Å². The van der Waals surface area contributed by atoms with Gasteiger partial charge in [-0.25, -0.2) is 0 Å².